The van der Waals surface area contributed by atoms with Crippen LogP contribution in [-0.2, 0) is 20.1 Å². The standard InChI is InChI=1S/C21H27N5O2/c1-14(2)10-11-24-19(27)17-18(23(4)21(24)28)22-20-25(12-15(3)13-26(17)20)16-8-6-5-7-9-16/h5-9,14-15H,10-13H2,1-4H3/t15-/m1/s1. The monoisotopic (exact) mass is 381 g/mol. The maximum Gasteiger partial charge on any atom is 0.332 e. The van der Waals surface area contributed by atoms with Crippen LogP contribution in [0.15, 0.2) is 39.9 Å². The summed E-state index contributed by atoms with van der Waals surface area (Å²) in [5, 5.41) is 0. The van der Waals surface area contributed by atoms with Crippen LogP contribution in [0, 0.1) is 11.8 Å². The lowest BCUT2D eigenvalue weighted by atomic mass is 10.1. The first kappa shape index (κ1) is 18.5. The third-order valence-electron chi connectivity index (χ3n) is 5.44. The van der Waals surface area contributed by atoms with Gasteiger partial charge in [-0.2, -0.15) is 4.98 Å². The van der Waals surface area contributed by atoms with Crippen LogP contribution in [-0.4, -0.2) is 25.2 Å². The Bertz CT molecular complexity index is 1120. The first-order valence-corrected chi connectivity index (χ1v) is 9.91. The van der Waals surface area contributed by atoms with Crippen molar-refractivity contribution in [3.05, 3.63) is 51.2 Å². The zero-order valence-electron chi connectivity index (χ0n) is 16.9. The minimum Gasteiger partial charge on any atom is -0.312 e. The second-order valence-corrected chi connectivity index (χ2v) is 8.23. The highest BCUT2D eigenvalue weighted by Crippen LogP contribution is 2.32. The van der Waals surface area contributed by atoms with Gasteiger partial charge in [-0.05, 0) is 30.4 Å². The van der Waals surface area contributed by atoms with Crippen molar-refractivity contribution in [3.8, 4) is 0 Å². The molecule has 0 spiro atoms. The third kappa shape index (κ3) is 2.95. The van der Waals surface area contributed by atoms with Gasteiger partial charge < -0.3 is 9.47 Å². The van der Waals surface area contributed by atoms with Crippen molar-refractivity contribution in [3.63, 3.8) is 0 Å². The fourth-order valence-corrected chi connectivity index (χ4v) is 3.92. The first-order valence-electron chi connectivity index (χ1n) is 9.91. The van der Waals surface area contributed by atoms with E-state index in [1.165, 1.54) is 9.13 Å². The minimum atomic E-state index is -0.298. The second kappa shape index (κ2) is 6.96. The molecule has 7 nitrogen and oxygen atoms in total. The molecule has 148 valence electrons. The Morgan fingerprint density at radius 3 is 2.54 bits per heavy atom. The van der Waals surface area contributed by atoms with E-state index < -0.39 is 0 Å². The van der Waals surface area contributed by atoms with E-state index in [1.807, 2.05) is 34.9 Å². The molecule has 0 saturated heterocycles. The van der Waals surface area contributed by atoms with Gasteiger partial charge in [0.25, 0.3) is 5.56 Å². The topological polar surface area (TPSA) is 65.1 Å². The molecule has 1 aromatic carbocycles. The van der Waals surface area contributed by atoms with Crippen LogP contribution < -0.4 is 16.1 Å². The van der Waals surface area contributed by atoms with E-state index in [1.54, 1.807) is 7.05 Å². The van der Waals surface area contributed by atoms with Crippen LogP contribution in [0.2, 0.25) is 0 Å². The largest absolute Gasteiger partial charge is 0.332 e. The number of hydrogen-bond donors (Lipinski definition) is 0. The van der Waals surface area contributed by atoms with E-state index in [9.17, 15) is 9.59 Å². The molecule has 3 aromatic rings. The fraction of sp³-hybridized carbons (Fsp3) is 0.476. The molecule has 0 fully saturated rings. The van der Waals surface area contributed by atoms with Gasteiger partial charge in [0.2, 0.25) is 5.95 Å². The van der Waals surface area contributed by atoms with Crippen LogP contribution in [0.4, 0.5) is 11.6 Å². The normalized spacial score (nSPS) is 16.8. The maximum absolute atomic E-state index is 13.3. The summed E-state index contributed by atoms with van der Waals surface area (Å²) in [6.07, 6.45) is 0.786. The highest BCUT2D eigenvalue weighted by atomic mass is 16.2. The molecule has 2 aromatic heterocycles. The summed E-state index contributed by atoms with van der Waals surface area (Å²) in [6.45, 7) is 8.32. The number of nitrogens with zero attached hydrogens (tertiary/aromatic N) is 5. The molecule has 0 radical (unpaired) electrons. The van der Waals surface area contributed by atoms with Gasteiger partial charge in [-0.25, -0.2) is 4.79 Å². The molecule has 0 aliphatic carbocycles. The molecule has 28 heavy (non-hydrogen) atoms. The van der Waals surface area contributed by atoms with Crippen molar-refractivity contribution >= 4 is 22.8 Å². The summed E-state index contributed by atoms with van der Waals surface area (Å²) in [5.74, 6) is 1.50. The molecule has 1 atom stereocenters. The van der Waals surface area contributed by atoms with E-state index in [4.69, 9.17) is 4.98 Å². The molecule has 4 rings (SSSR count). The number of benzene rings is 1. The molecule has 0 unspecified atom stereocenters. The zero-order valence-corrected chi connectivity index (χ0v) is 16.9. The van der Waals surface area contributed by atoms with Crippen molar-refractivity contribution in [1.82, 2.24) is 18.7 Å². The summed E-state index contributed by atoms with van der Waals surface area (Å²) < 4.78 is 4.86. The molecule has 1 aliphatic heterocycles. The number of aromatic nitrogens is 4. The Morgan fingerprint density at radius 2 is 1.86 bits per heavy atom. The number of anilines is 2. The minimum absolute atomic E-state index is 0.236. The number of fused-ring (bicyclic) bond motifs is 3. The predicted molar refractivity (Wildman–Crippen MR) is 111 cm³/mol. The SMILES string of the molecule is CC(C)CCn1c(=O)c2c(nc3n2C[C@H](C)CN3c2ccccc2)n(C)c1=O. The van der Waals surface area contributed by atoms with Gasteiger partial charge in [-0.3, -0.25) is 13.9 Å². The number of hydrogen-bond acceptors (Lipinski definition) is 4. The summed E-state index contributed by atoms with van der Waals surface area (Å²) >= 11 is 0. The fourth-order valence-electron chi connectivity index (χ4n) is 3.92. The number of aryl methyl sites for hydroxylation is 1. The summed E-state index contributed by atoms with van der Waals surface area (Å²) in [4.78, 5) is 33.0. The van der Waals surface area contributed by atoms with Crippen molar-refractivity contribution in [2.24, 2.45) is 18.9 Å². The van der Waals surface area contributed by atoms with Gasteiger partial charge in [0, 0.05) is 32.4 Å². The van der Waals surface area contributed by atoms with Crippen LogP contribution in [0.25, 0.3) is 11.2 Å². The molecule has 0 N–H and O–H groups in total. The highest BCUT2D eigenvalue weighted by Gasteiger charge is 2.29. The summed E-state index contributed by atoms with van der Waals surface area (Å²) in [6, 6.07) is 10.1. The molecular weight excluding hydrogens is 354 g/mol. The Morgan fingerprint density at radius 1 is 1.14 bits per heavy atom. The van der Waals surface area contributed by atoms with Crippen LogP contribution >= 0.6 is 0 Å². The van der Waals surface area contributed by atoms with E-state index in [0.717, 1.165) is 24.6 Å². The van der Waals surface area contributed by atoms with Crippen molar-refractivity contribution in [1.29, 1.82) is 0 Å². The second-order valence-electron chi connectivity index (χ2n) is 8.23. The molecule has 0 saturated carbocycles. The lowest BCUT2D eigenvalue weighted by Gasteiger charge is -2.32. The van der Waals surface area contributed by atoms with Crippen LogP contribution in [0.3, 0.4) is 0 Å². The van der Waals surface area contributed by atoms with Gasteiger partial charge in [-0.15, -0.1) is 0 Å². The Labute approximate surface area is 163 Å². The number of imidazole rings is 1. The predicted octanol–water partition coefficient (Wildman–Crippen LogP) is 2.73. The van der Waals surface area contributed by atoms with E-state index >= 15 is 0 Å². The smallest absolute Gasteiger partial charge is 0.312 e. The highest BCUT2D eigenvalue weighted by molar-refractivity contribution is 5.77. The molecule has 3 heterocycles. The lowest BCUT2D eigenvalue weighted by molar-refractivity contribution is 0.455. The van der Waals surface area contributed by atoms with Gasteiger partial charge in [0.15, 0.2) is 11.2 Å². The maximum atomic E-state index is 13.3. The van der Waals surface area contributed by atoms with Gasteiger partial charge in [0.05, 0.1) is 0 Å². The van der Waals surface area contributed by atoms with Crippen molar-refractivity contribution in [2.75, 3.05) is 11.4 Å². The Hall–Kier alpha value is -2.83. The van der Waals surface area contributed by atoms with Gasteiger partial charge >= 0.3 is 5.69 Å². The summed E-state index contributed by atoms with van der Waals surface area (Å²) in [5.41, 5.74) is 1.48. The number of rotatable bonds is 4. The van der Waals surface area contributed by atoms with Crippen LogP contribution in [0.5, 0.6) is 0 Å². The third-order valence-corrected chi connectivity index (χ3v) is 5.44. The quantitative estimate of drug-likeness (QED) is 0.697. The van der Waals surface area contributed by atoms with E-state index in [0.29, 0.717) is 36.1 Å². The Kier molecular flexibility index (Phi) is 4.61. The average molecular weight is 381 g/mol. The average Bonchev–Trinajstić information content (AvgIpc) is 3.05. The molecule has 0 bridgehead atoms. The lowest BCUT2D eigenvalue weighted by Crippen LogP contribution is -2.40. The molecule has 0 amide bonds. The zero-order chi connectivity index (χ0) is 20.0. The molecular formula is C21H27N5O2. The van der Waals surface area contributed by atoms with E-state index in [2.05, 4.69) is 25.7 Å². The van der Waals surface area contributed by atoms with Crippen LogP contribution in [0.1, 0.15) is 27.2 Å². The Balaban J connectivity index is 1.95. The van der Waals surface area contributed by atoms with E-state index in [-0.39, 0.29) is 11.2 Å². The van der Waals surface area contributed by atoms with Gasteiger partial charge in [-0.1, -0.05) is 39.0 Å². The molecule has 7 heteroatoms. The summed E-state index contributed by atoms with van der Waals surface area (Å²) in [7, 11) is 1.70. The van der Waals surface area contributed by atoms with Gasteiger partial charge in [0.1, 0.15) is 0 Å². The van der Waals surface area contributed by atoms with Crippen molar-refractivity contribution in [2.45, 2.75) is 40.3 Å². The molecule has 1 aliphatic rings. The number of para-hydroxylation sites is 1. The first-order chi connectivity index (χ1) is 13.4. The van der Waals surface area contributed by atoms with Crippen molar-refractivity contribution < 1.29 is 0 Å².